The van der Waals surface area contributed by atoms with Gasteiger partial charge in [-0.2, -0.15) is 0 Å². The van der Waals surface area contributed by atoms with Gasteiger partial charge >= 0.3 is 0 Å². The summed E-state index contributed by atoms with van der Waals surface area (Å²) in [7, 11) is -0.616. The first kappa shape index (κ1) is 17.1. The number of hydrogen-bond donors (Lipinski definition) is 1. The van der Waals surface area contributed by atoms with Crippen LogP contribution in [-0.4, -0.2) is 12.6 Å². The van der Waals surface area contributed by atoms with Crippen molar-refractivity contribution < 1.29 is 4.74 Å². The summed E-state index contributed by atoms with van der Waals surface area (Å²) in [6.07, 6.45) is 6.58. The first-order valence-corrected chi connectivity index (χ1v) is 10.5. The Morgan fingerprint density at radius 3 is 2.12 bits per heavy atom. The van der Waals surface area contributed by atoms with Crippen LogP contribution >= 0.6 is 7.92 Å². The van der Waals surface area contributed by atoms with Crippen LogP contribution in [0.5, 0.6) is 0 Å². The summed E-state index contributed by atoms with van der Waals surface area (Å²) in [6, 6.07) is 22.0. The molecule has 4 rings (SSSR count). The third kappa shape index (κ3) is 3.34. The molecule has 1 aliphatic heterocycles. The first-order chi connectivity index (χ1) is 12.7. The number of allylic oxidation sites excluding steroid dienone is 5. The molecule has 1 N–H and O–H groups in total. The van der Waals surface area contributed by atoms with Crippen molar-refractivity contribution in [3.8, 4) is 0 Å². The summed E-state index contributed by atoms with van der Waals surface area (Å²) in [5, 5.41) is 7.67. The molecule has 0 radical (unpaired) electrons. The topological polar surface area (TPSA) is 21.3 Å². The molecule has 2 nitrogen and oxygen atoms in total. The number of hydrogen-bond acceptors (Lipinski definition) is 2. The van der Waals surface area contributed by atoms with Crippen molar-refractivity contribution in [3.05, 3.63) is 95.7 Å². The zero-order valence-electron chi connectivity index (χ0n) is 15.2. The largest absolute Gasteiger partial charge is 0.477 e. The Kier molecular flexibility index (Phi) is 4.95. The molecule has 2 aliphatic rings. The molecule has 0 saturated carbocycles. The SMILES string of the molecule is CC(C)[C@H]1CO/C(=C2/C=CC=C2P(c2ccccc2)c2ccccc2)N1. The number of rotatable bonds is 4. The summed E-state index contributed by atoms with van der Waals surface area (Å²) in [5.74, 6) is 1.48. The van der Waals surface area contributed by atoms with Crippen molar-refractivity contribution in [2.24, 2.45) is 5.92 Å². The van der Waals surface area contributed by atoms with Crippen molar-refractivity contribution >= 4 is 18.5 Å². The highest BCUT2D eigenvalue weighted by molar-refractivity contribution is 7.77. The number of nitrogens with one attached hydrogen (secondary N) is 1. The minimum Gasteiger partial charge on any atom is -0.477 e. The first-order valence-electron chi connectivity index (χ1n) is 9.16. The molecular weight excluding hydrogens is 337 g/mol. The van der Waals surface area contributed by atoms with Crippen LogP contribution in [0.15, 0.2) is 95.7 Å². The third-order valence-corrected chi connectivity index (χ3v) is 7.34. The second kappa shape index (κ2) is 7.51. The number of benzene rings is 2. The van der Waals surface area contributed by atoms with Gasteiger partial charge in [-0.3, -0.25) is 0 Å². The smallest absolute Gasteiger partial charge is 0.195 e. The van der Waals surface area contributed by atoms with E-state index in [1.807, 2.05) is 0 Å². The Bertz CT molecular complexity index is 813. The van der Waals surface area contributed by atoms with Gasteiger partial charge in [0.05, 0.1) is 6.04 Å². The maximum atomic E-state index is 6.05. The molecule has 0 bridgehead atoms. The molecule has 2 aromatic rings. The van der Waals surface area contributed by atoms with E-state index in [0.29, 0.717) is 12.0 Å². The molecule has 1 fully saturated rings. The van der Waals surface area contributed by atoms with Gasteiger partial charge in [-0.1, -0.05) is 86.7 Å². The molecule has 0 unspecified atom stereocenters. The van der Waals surface area contributed by atoms with E-state index in [0.717, 1.165) is 12.5 Å². The molecule has 26 heavy (non-hydrogen) atoms. The normalized spacial score (nSPS) is 21.8. The summed E-state index contributed by atoms with van der Waals surface area (Å²) < 4.78 is 6.05. The zero-order chi connectivity index (χ0) is 17.9. The predicted molar refractivity (Wildman–Crippen MR) is 111 cm³/mol. The maximum Gasteiger partial charge on any atom is 0.195 e. The Morgan fingerprint density at radius 2 is 1.58 bits per heavy atom. The second-order valence-corrected chi connectivity index (χ2v) is 9.15. The van der Waals surface area contributed by atoms with Crippen molar-refractivity contribution in [2.75, 3.05) is 6.61 Å². The van der Waals surface area contributed by atoms with Gasteiger partial charge in [-0.05, 0) is 35.8 Å². The molecular formula is C23H24NOP. The maximum absolute atomic E-state index is 6.05. The van der Waals surface area contributed by atoms with Gasteiger partial charge < -0.3 is 10.1 Å². The van der Waals surface area contributed by atoms with E-state index >= 15 is 0 Å². The van der Waals surface area contributed by atoms with E-state index < -0.39 is 7.92 Å². The zero-order valence-corrected chi connectivity index (χ0v) is 16.1. The lowest BCUT2D eigenvalue weighted by Crippen LogP contribution is -2.28. The Morgan fingerprint density at radius 1 is 0.962 bits per heavy atom. The molecule has 0 spiro atoms. The summed E-state index contributed by atoms with van der Waals surface area (Å²) in [5.41, 5.74) is 1.20. The fourth-order valence-electron chi connectivity index (χ4n) is 3.32. The lowest BCUT2D eigenvalue weighted by molar-refractivity contribution is 0.242. The molecule has 3 heteroatoms. The van der Waals surface area contributed by atoms with Crippen LogP contribution in [0.2, 0.25) is 0 Å². The molecule has 0 amide bonds. The van der Waals surface area contributed by atoms with E-state index in [2.05, 4.69) is 98.1 Å². The Labute approximate surface area is 157 Å². The van der Waals surface area contributed by atoms with Crippen LogP contribution in [-0.2, 0) is 4.74 Å². The third-order valence-electron chi connectivity index (χ3n) is 4.84. The lowest BCUT2D eigenvalue weighted by Gasteiger charge is -2.22. The van der Waals surface area contributed by atoms with Crippen LogP contribution in [0.1, 0.15) is 13.8 Å². The Hall–Kier alpha value is -2.31. The molecule has 2 aromatic carbocycles. The van der Waals surface area contributed by atoms with Gasteiger partial charge in [0.2, 0.25) is 0 Å². The fourth-order valence-corrected chi connectivity index (χ4v) is 5.77. The molecule has 1 heterocycles. The second-order valence-electron chi connectivity index (χ2n) is 6.97. The summed E-state index contributed by atoms with van der Waals surface area (Å²) in [6.45, 7) is 5.21. The van der Waals surface area contributed by atoms with Crippen LogP contribution in [0.25, 0.3) is 0 Å². The average molecular weight is 361 g/mol. The monoisotopic (exact) mass is 361 g/mol. The molecule has 1 atom stereocenters. The van der Waals surface area contributed by atoms with Crippen molar-refractivity contribution in [1.29, 1.82) is 0 Å². The molecule has 132 valence electrons. The van der Waals surface area contributed by atoms with Crippen LogP contribution in [0, 0.1) is 5.92 Å². The predicted octanol–water partition coefficient (Wildman–Crippen LogP) is 4.43. The highest BCUT2D eigenvalue weighted by Crippen LogP contribution is 2.49. The van der Waals surface area contributed by atoms with Crippen molar-refractivity contribution in [3.63, 3.8) is 0 Å². The molecule has 1 aliphatic carbocycles. The highest BCUT2D eigenvalue weighted by atomic mass is 31.1. The Balaban J connectivity index is 1.75. The van der Waals surface area contributed by atoms with Gasteiger partial charge in [0, 0.05) is 5.57 Å². The van der Waals surface area contributed by atoms with Gasteiger partial charge in [-0.25, -0.2) is 0 Å². The highest BCUT2D eigenvalue weighted by Gasteiger charge is 2.30. The van der Waals surface area contributed by atoms with Crippen molar-refractivity contribution in [1.82, 2.24) is 5.32 Å². The van der Waals surface area contributed by atoms with Crippen molar-refractivity contribution in [2.45, 2.75) is 19.9 Å². The minimum absolute atomic E-state index is 0.382. The fraction of sp³-hybridized carbons (Fsp3) is 0.217. The minimum atomic E-state index is -0.616. The average Bonchev–Trinajstić information content (AvgIpc) is 3.33. The van der Waals surface area contributed by atoms with Gasteiger partial charge in [-0.15, -0.1) is 0 Å². The van der Waals surface area contributed by atoms with E-state index in [1.165, 1.54) is 21.5 Å². The van der Waals surface area contributed by atoms with Gasteiger partial charge in [0.1, 0.15) is 6.61 Å². The summed E-state index contributed by atoms with van der Waals surface area (Å²) in [4.78, 5) is 0. The quantitative estimate of drug-likeness (QED) is 0.814. The lowest BCUT2D eigenvalue weighted by atomic mass is 10.1. The van der Waals surface area contributed by atoms with Gasteiger partial charge in [0.15, 0.2) is 5.88 Å². The van der Waals surface area contributed by atoms with E-state index in [-0.39, 0.29) is 0 Å². The van der Waals surface area contributed by atoms with Crippen LogP contribution in [0.3, 0.4) is 0 Å². The van der Waals surface area contributed by atoms with E-state index in [9.17, 15) is 0 Å². The molecule has 0 aromatic heterocycles. The summed E-state index contributed by atoms with van der Waals surface area (Å²) >= 11 is 0. The van der Waals surface area contributed by atoms with Crippen LogP contribution < -0.4 is 15.9 Å². The van der Waals surface area contributed by atoms with E-state index in [1.54, 1.807) is 0 Å². The molecule has 1 saturated heterocycles. The van der Waals surface area contributed by atoms with Gasteiger partial charge in [0.25, 0.3) is 0 Å². The number of ether oxygens (including phenoxy) is 1. The van der Waals surface area contributed by atoms with Crippen LogP contribution in [0.4, 0.5) is 0 Å². The standard InChI is InChI=1S/C23H24NOP/c1-17(2)21-16-25-23(24-21)20-14-9-15-22(20)26(18-10-5-3-6-11-18)19-12-7-4-8-13-19/h3-15,17,21,24H,16H2,1-2H3/b23-20-/t21-/m1/s1. The van der Waals surface area contributed by atoms with E-state index in [4.69, 9.17) is 4.74 Å².